The van der Waals surface area contributed by atoms with Crippen LogP contribution in [0.2, 0.25) is 0 Å². The lowest BCUT2D eigenvalue weighted by atomic mass is 10.1. The molecule has 1 unspecified atom stereocenters. The van der Waals surface area contributed by atoms with Crippen molar-refractivity contribution in [3.8, 4) is 0 Å². The molecule has 1 aliphatic rings. The van der Waals surface area contributed by atoms with Gasteiger partial charge in [0.2, 0.25) is 5.91 Å². The van der Waals surface area contributed by atoms with Gasteiger partial charge in [0.1, 0.15) is 0 Å². The van der Waals surface area contributed by atoms with Crippen molar-refractivity contribution in [2.45, 2.75) is 44.0 Å². The number of nitrogens with zero attached hydrogens (tertiary/aromatic N) is 1. The molecule has 0 spiro atoms. The van der Waals surface area contributed by atoms with Gasteiger partial charge in [-0.1, -0.05) is 6.07 Å². The van der Waals surface area contributed by atoms with E-state index in [-0.39, 0.29) is 11.9 Å². The van der Waals surface area contributed by atoms with E-state index in [1.54, 1.807) is 11.8 Å². The predicted molar refractivity (Wildman–Crippen MR) is 85.0 cm³/mol. The van der Waals surface area contributed by atoms with Gasteiger partial charge in [0.15, 0.2) is 0 Å². The Morgan fingerprint density at radius 2 is 2.20 bits per heavy atom. The summed E-state index contributed by atoms with van der Waals surface area (Å²) in [7, 11) is 0. The van der Waals surface area contributed by atoms with Gasteiger partial charge in [0.05, 0.1) is 0 Å². The van der Waals surface area contributed by atoms with E-state index in [0.29, 0.717) is 13.0 Å². The van der Waals surface area contributed by atoms with E-state index in [1.165, 1.54) is 16.0 Å². The molecule has 2 rings (SSSR count). The van der Waals surface area contributed by atoms with Crippen LogP contribution in [-0.2, 0) is 4.79 Å². The molecule has 1 atom stereocenters. The van der Waals surface area contributed by atoms with Crippen LogP contribution in [0.4, 0.5) is 0 Å². The quantitative estimate of drug-likeness (QED) is 0.849. The molecule has 0 radical (unpaired) electrons. The Kier molecular flexibility index (Phi) is 5.49. The van der Waals surface area contributed by atoms with Gasteiger partial charge in [-0.15, -0.1) is 11.8 Å². The molecule has 20 heavy (non-hydrogen) atoms. The van der Waals surface area contributed by atoms with Gasteiger partial charge in [-0.25, -0.2) is 0 Å². The van der Waals surface area contributed by atoms with E-state index in [0.717, 1.165) is 25.1 Å². The van der Waals surface area contributed by atoms with Crippen molar-refractivity contribution in [2.24, 2.45) is 5.73 Å². The van der Waals surface area contributed by atoms with Crippen LogP contribution in [0.15, 0.2) is 23.1 Å². The zero-order valence-electron chi connectivity index (χ0n) is 12.4. The minimum absolute atomic E-state index is 0.259. The number of benzene rings is 1. The second-order valence-electron chi connectivity index (χ2n) is 5.46. The van der Waals surface area contributed by atoms with Gasteiger partial charge in [0, 0.05) is 36.2 Å². The summed E-state index contributed by atoms with van der Waals surface area (Å²) in [6.07, 6.45) is 2.76. The minimum Gasteiger partial charge on any atom is -0.338 e. The molecule has 0 aliphatic carbocycles. The third-order valence-electron chi connectivity index (χ3n) is 4.03. The number of carbonyl (C=O) groups excluding carboxylic acids is 1. The van der Waals surface area contributed by atoms with E-state index < -0.39 is 0 Å². The highest BCUT2D eigenvalue weighted by atomic mass is 32.2. The number of hydrogen-bond donors (Lipinski definition) is 1. The Balaban J connectivity index is 1.80. The molecule has 1 amide bonds. The van der Waals surface area contributed by atoms with Gasteiger partial charge in [0.25, 0.3) is 0 Å². The molecule has 1 fully saturated rings. The smallest absolute Gasteiger partial charge is 0.223 e. The average Bonchev–Trinajstić information content (AvgIpc) is 2.91. The lowest BCUT2D eigenvalue weighted by molar-refractivity contribution is -0.131. The normalized spacial score (nSPS) is 18.6. The van der Waals surface area contributed by atoms with Crippen molar-refractivity contribution in [3.63, 3.8) is 0 Å². The first-order chi connectivity index (χ1) is 9.61. The molecular weight excluding hydrogens is 268 g/mol. The molecule has 0 bridgehead atoms. The van der Waals surface area contributed by atoms with Gasteiger partial charge >= 0.3 is 0 Å². The molecule has 3 nitrogen and oxygen atoms in total. The van der Waals surface area contributed by atoms with Crippen LogP contribution >= 0.6 is 11.8 Å². The molecular formula is C16H24N2OS. The topological polar surface area (TPSA) is 46.3 Å². The third-order valence-corrected chi connectivity index (χ3v) is 5.03. The van der Waals surface area contributed by atoms with Crippen LogP contribution in [0.3, 0.4) is 0 Å². The molecule has 110 valence electrons. The number of likely N-dealkylation sites (tertiary alicyclic amines) is 1. The maximum absolute atomic E-state index is 12.2. The van der Waals surface area contributed by atoms with Crippen LogP contribution in [0.1, 0.15) is 30.4 Å². The van der Waals surface area contributed by atoms with E-state index in [9.17, 15) is 4.79 Å². The lowest BCUT2D eigenvalue weighted by Gasteiger charge is -2.23. The zero-order chi connectivity index (χ0) is 14.5. The van der Waals surface area contributed by atoms with Crippen molar-refractivity contribution in [1.82, 2.24) is 4.90 Å². The SMILES string of the molecule is Cc1ccc(SCCC(=O)N2CCCC2CN)cc1C. The average molecular weight is 292 g/mol. The summed E-state index contributed by atoms with van der Waals surface area (Å²) in [6, 6.07) is 6.75. The number of amides is 1. The van der Waals surface area contributed by atoms with Crippen LogP contribution in [-0.4, -0.2) is 35.7 Å². The first kappa shape index (κ1) is 15.4. The lowest BCUT2D eigenvalue weighted by Crippen LogP contribution is -2.40. The Morgan fingerprint density at radius 3 is 2.90 bits per heavy atom. The fourth-order valence-corrected chi connectivity index (χ4v) is 3.55. The van der Waals surface area contributed by atoms with Crippen molar-refractivity contribution < 1.29 is 4.79 Å². The standard InChI is InChI=1S/C16H24N2OS/c1-12-5-6-15(10-13(12)2)20-9-7-16(19)18-8-3-4-14(18)11-17/h5-6,10,14H,3-4,7-9,11,17H2,1-2H3. The van der Waals surface area contributed by atoms with Crippen LogP contribution in [0.25, 0.3) is 0 Å². The number of rotatable bonds is 5. The summed E-state index contributed by atoms with van der Waals surface area (Å²) in [4.78, 5) is 15.4. The Labute approximate surface area is 125 Å². The molecule has 4 heteroatoms. The molecule has 1 aromatic rings. The highest BCUT2D eigenvalue weighted by molar-refractivity contribution is 7.99. The second kappa shape index (κ2) is 7.14. The number of carbonyl (C=O) groups is 1. The van der Waals surface area contributed by atoms with Crippen molar-refractivity contribution >= 4 is 17.7 Å². The fraction of sp³-hybridized carbons (Fsp3) is 0.562. The molecule has 0 saturated carbocycles. The summed E-state index contributed by atoms with van der Waals surface area (Å²) in [5.41, 5.74) is 8.34. The van der Waals surface area contributed by atoms with Crippen LogP contribution in [0.5, 0.6) is 0 Å². The molecule has 1 aliphatic heterocycles. The first-order valence-electron chi connectivity index (χ1n) is 7.31. The third kappa shape index (κ3) is 3.76. The minimum atomic E-state index is 0.259. The largest absolute Gasteiger partial charge is 0.338 e. The summed E-state index contributed by atoms with van der Waals surface area (Å²) in [5.74, 6) is 1.10. The Hall–Kier alpha value is -1.00. The Bertz CT molecular complexity index is 476. The highest BCUT2D eigenvalue weighted by Crippen LogP contribution is 2.23. The van der Waals surface area contributed by atoms with Gasteiger partial charge in [-0.05, 0) is 49.9 Å². The van der Waals surface area contributed by atoms with E-state index in [1.807, 2.05) is 4.90 Å². The molecule has 1 aromatic carbocycles. The number of hydrogen-bond acceptors (Lipinski definition) is 3. The number of nitrogens with two attached hydrogens (primary N) is 1. The summed E-state index contributed by atoms with van der Waals surface area (Å²) in [5, 5.41) is 0. The summed E-state index contributed by atoms with van der Waals surface area (Å²) < 4.78 is 0. The van der Waals surface area contributed by atoms with E-state index in [2.05, 4.69) is 32.0 Å². The summed E-state index contributed by atoms with van der Waals surface area (Å²) >= 11 is 1.76. The van der Waals surface area contributed by atoms with E-state index >= 15 is 0 Å². The number of thioether (sulfide) groups is 1. The second-order valence-corrected chi connectivity index (χ2v) is 6.63. The molecule has 0 aromatic heterocycles. The Morgan fingerprint density at radius 1 is 1.40 bits per heavy atom. The zero-order valence-corrected chi connectivity index (χ0v) is 13.2. The molecule has 1 saturated heterocycles. The maximum atomic E-state index is 12.2. The van der Waals surface area contributed by atoms with Crippen molar-refractivity contribution in [1.29, 1.82) is 0 Å². The van der Waals surface area contributed by atoms with Crippen molar-refractivity contribution in [3.05, 3.63) is 29.3 Å². The monoisotopic (exact) mass is 292 g/mol. The maximum Gasteiger partial charge on any atom is 0.223 e. The van der Waals surface area contributed by atoms with Crippen molar-refractivity contribution in [2.75, 3.05) is 18.8 Å². The molecule has 2 N–H and O–H groups in total. The fourth-order valence-electron chi connectivity index (χ4n) is 2.61. The van der Waals surface area contributed by atoms with Crippen LogP contribution < -0.4 is 5.73 Å². The van der Waals surface area contributed by atoms with Gasteiger partial charge in [-0.2, -0.15) is 0 Å². The number of aryl methyl sites for hydroxylation is 2. The predicted octanol–water partition coefficient (Wildman–Crippen LogP) is 2.74. The summed E-state index contributed by atoms with van der Waals surface area (Å²) in [6.45, 7) is 5.72. The first-order valence-corrected chi connectivity index (χ1v) is 8.30. The van der Waals surface area contributed by atoms with E-state index in [4.69, 9.17) is 5.73 Å². The van der Waals surface area contributed by atoms with Gasteiger partial charge < -0.3 is 10.6 Å². The highest BCUT2D eigenvalue weighted by Gasteiger charge is 2.26. The van der Waals surface area contributed by atoms with Crippen LogP contribution in [0, 0.1) is 13.8 Å². The molecule has 1 heterocycles. The van der Waals surface area contributed by atoms with Gasteiger partial charge in [-0.3, -0.25) is 4.79 Å².